The largest absolute Gasteiger partial charge is 0.390 e. The van der Waals surface area contributed by atoms with Gasteiger partial charge in [-0.2, -0.15) is 0 Å². The lowest BCUT2D eigenvalue weighted by Gasteiger charge is -2.27. The fraction of sp³-hybridized carbons (Fsp3) is 0.407. The summed E-state index contributed by atoms with van der Waals surface area (Å²) in [6.07, 6.45) is 0.486. The molecule has 2 amide bonds. The van der Waals surface area contributed by atoms with Gasteiger partial charge in [-0.25, -0.2) is 0 Å². The highest BCUT2D eigenvalue weighted by Crippen LogP contribution is 2.25. The van der Waals surface area contributed by atoms with E-state index in [1.165, 1.54) is 0 Å². The van der Waals surface area contributed by atoms with E-state index in [4.69, 9.17) is 10.5 Å². The number of amides is 2. The molecule has 0 radical (unpaired) electrons. The first-order chi connectivity index (χ1) is 16.0. The topological polar surface area (TPSA) is 105 Å². The average molecular weight is 464 g/mol. The minimum atomic E-state index is -1.16. The van der Waals surface area contributed by atoms with Crippen LogP contribution in [0.2, 0.25) is 0 Å². The van der Waals surface area contributed by atoms with Gasteiger partial charge >= 0.3 is 0 Å². The van der Waals surface area contributed by atoms with Gasteiger partial charge in [0, 0.05) is 24.1 Å². The molecule has 0 fully saturated rings. The van der Waals surface area contributed by atoms with Crippen LogP contribution >= 0.6 is 0 Å². The SMILES string of the molecule is CC(C)(O)CCOC(C)(N)CC(=O)NCCC(=O)N1Cc2ccccc2C#Cc2ccccc21. The summed E-state index contributed by atoms with van der Waals surface area (Å²) in [7, 11) is 0. The van der Waals surface area contributed by atoms with Crippen molar-refractivity contribution in [3.05, 3.63) is 65.2 Å². The summed E-state index contributed by atoms with van der Waals surface area (Å²) in [5, 5.41) is 12.5. The third kappa shape index (κ3) is 7.42. The molecule has 2 aromatic carbocycles. The van der Waals surface area contributed by atoms with Crippen molar-refractivity contribution in [3.63, 3.8) is 0 Å². The first-order valence-electron chi connectivity index (χ1n) is 11.5. The molecule has 1 aliphatic rings. The summed E-state index contributed by atoms with van der Waals surface area (Å²) in [4.78, 5) is 27.3. The Hall–Kier alpha value is -3.18. The Bertz CT molecular complexity index is 1090. The van der Waals surface area contributed by atoms with Crippen molar-refractivity contribution in [2.75, 3.05) is 18.1 Å². The van der Waals surface area contributed by atoms with Crippen molar-refractivity contribution in [1.29, 1.82) is 0 Å². The summed E-state index contributed by atoms with van der Waals surface area (Å²) in [5.41, 5.74) is 7.47. The van der Waals surface area contributed by atoms with Gasteiger partial charge in [-0.05, 0) is 51.0 Å². The Kier molecular flexibility index (Phi) is 8.11. The molecule has 1 aliphatic heterocycles. The monoisotopic (exact) mass is 463 g/mol. The van der Waals surface area contributed by atoms with Gasteiger partial charge in [-0.1, -0.05) is 42.2 Å². The zero-order chi connectivity index (χ0) is 24.8. The number of nitrogens with one attached hydrogen (secondary N) is 1. The molecule has 1 heterocycles. The van der Waals surface area contributed by atoms with Crippen molar-refractivity contribution in [3.8, 4) is 11.8 Å². The highest BCUT2D eigenvalue weighted by atomic mass is 16.5. The summed E-state index contributed by atoms with van der Waals surface area (Å²) in [6, 6.07) is 15.4. The summed E-state index contributed by atoms with van der Waals surface area (Å²) >= 11 is 0. The van der Waals surface area contributed by atoms with E-state index >= 15 is 0 Å². The number of aliphatic hydroxyl groups is 1. The Morgan fingerprint density at radius 1 is 1.09 bits per heavy atom. The number of carbonyl (C=O) groups excluding carboxylic acids is 2. The molecule has 0 aromatic heterocycles. The van der Waals surface area contributed by atoms with E-state index in [0.29, 0.717) is 13.0 Å². The molecule has 0 saturated carbocycles. The minimum absolute atomic E-state index is 0.0530. The number of nitrogens with two attached hydrogens (primary N) is 1. The van der Waals surface area contributed by atoms with Gasteiger partial charge in [-0.15, -0.1) is 0 Å². The molecule has 7 heteroatoms. The van der Waals surface area contributed by atoms with Crippen LogP contribution in [0.4, 0.5) is 5.69 Å². The third-order valence-electron chi connectivity index (χ3n) is 5.49. The quantitative estimate of drug-likeness (QED) is 0.392. The van der Waals surface area contributed by atoms with Gasteiger partial charge in [-0.3, -0.25) is 9.59 Å². The Morgan fingerprint density at radius 3 is 2.47 bits per heavy atom. The maximum absolute atomic E-state index is 13.2. The molecule has 7 nitrogen and oxygen atoms in total. The molecule has 0 bridgehead atoms. The van der Waals surface area contributed by atoms with Crippen molar-refractivity contribution in [2.45, 2.75) is 57.9 Å². The van der Waals surface area contributed by atoms with Crippen molar-refractivity contribution >= 4 is 17.5 Å². The second kappa shape index (κ2) is 10.8. The van der Waals surface area contributed by atoms with E-state index in [-0.39, 0.29) is 37.8 Å². The number of fused-ring (bicyclic) bond motifs is 2. The standard InChI is InChI=1S/C27H33N3O4/c1-26(2,33)15-17-34-27(3,28)18-24(31)29-16-14-25(32)30-19-22-10-5-4-8-20(22)12-13-21-9-6-7-11-23(21)30/h4-11,33H,14-19,28H2,1-3H3,(H,29,31). The highest BCUT2D eigenvalue weighted by molar-refractivity contribution is 5.95. The van der Waals surface area contributed by atoms with Crippen LogP contribution in [0.25, 0.3) is 0 Å². The second-order valence-corrected chi connectivity index (χ2v) is 9.40. The number of para-hydroxylation sites is 1. The molecule has 180 valence electrons. The van der Waals surface area contributed by atoms with Crippen LogP contribution in [-0.4, -0.2) is 41.4 Å². The van der Waals surface area contributed by atoms with Crippen LogP contribution in [0.5, 0.6) is 0 Å². The number of rotatable bonds is 9. The molecule has 1 atom stereocenters. The van der Waals surface area contributed by atoms with Crippen molar-refractivity contribution < 1.29 is 19.4 Å². The first kappa shape index (κ1) is 25.4. The minimum Gasteiger partial charge on any atom is -0.390 e. The Balaban J connectivity index is 1.58. The normalized spacial score (nSPS) is 14.4. The molecule has 0 saturated heterocycles. The fourth-order valence-corrected chi connectivity index (χ4v) is 3.62. The number of benzene rings is 2. The zero-order valence-corrected chi connectivity index (χ0v) is 20.1. The number of ether oxygens (including phenoxy) is 1. The van der Waals surface area contributed by atoms with E-state index in [0.717, 1.165) is 22.4 Å². The molecule has 34 heavy (non-hydrogen) atoms. The van der Waals surface area contributed by atoms with E-state index in [9.17, 15) is 14.7 Å². The molecule has 3 rings (SSSR count). The predicted molar refractivity (Wildman–Crippen MR) is 132 cm³/mol. The van der Waals surface area contributed by atoms with Crippen molar-refractivity contribution in [2.24, 2.45) is 5.73 Å². The van der Waals surface area contributed by atoms with Gasteiger partial charge in [0.05, 0.1) is 30.9 Å². The Labute approximate surface area is 201 Å². The van der Waals surface area contributed by atoms with Crippen LogP contribution in [-0.2, 0) is 20.9 Å². The van der Waals surface area contributed by atoms with Crippen LogP contribution in [0, 0.1) is 11.8 Å². The van der Waals surface area contributed by atoms with E-state index in [1.807, 2.05) is 48.5 Å². The average Bonchev–Trinajstić information content (AvgIpc) is 2.73. The lowest BCUT2D eigenvalue weighted by atomic mass is 10.0. The number of nitrogens with zero attached hydrogens (tertiary/aromatic N) is 1. The fourth-order valence-electron chi connectivity index (χ4n) is 3.62. The summed E-state index contributed by atoms with van der Waals surface area (Å²) in [5.74, 6) is 5.97. The van der Waals surface area contributed by atoms with Crippen LogP contribution < -0.4 is 16.0 Å². The first-order valence-corrected chi connectivity index (χ1v) is 11.5. The lowest BCUT2D eigenvalue weighted by molar-refractivity contribution is -0.129. The van der Waals surface area contributed by atoms with Gasteiger partial charge in [0.1, 0.15) is 5.72 Å². The van der Waals surface area contributed by atoms with Gasteiger partial charge in [0.25, 0.3) is 0 Å². The second-order valence-electron chi connectivity index (χ2n) is 9.40. The number of carbonyl (C=O) groups is 2. The van der Waals surface area contributed by atoms with Crippen LogP contribution in [0.15, 0.2) is 48.5 Å². The summed E-state index contributed by atoms with van der Waals surface area (Å²) < 4.78 is 5.57. The molecule has 4 N–H and O–H groups in total. The Morgan fingerprint density at radius 2 is 1.74 bits per heavy atom. The van der Waals surface area contributed by atoms with E-state index < -0.39 is 11.3 Å². The third-order valence-corrected chi connectivity index (χ3v) is 5.49. The molecular formula is C27H33N3O4. The zero-order valence-electron chi connectivity index (χ0n) is 20.1. The molecule has 1 unspecified atom stereocenters. The van der Waals surface area contributed by atoms with Gasteiger partial charge in [0.15, 0.2) is 0 Å². The predicted octanol–water partition coefficient (Wildman–Crippen LogP) is 2.68. The van der Waals surface area contributed by atoms with E-state index in [2.05, 4.69) is 17.2 Å². The summed E-state index contributed by atoms with van der Waals surface area (Å²) in [6.45, 7) is 5.82. The van der Waals surface area contributed by atoms with Crippen LogP contribution in [0.1, 0.15) is 56.7 Å². The number of hydrogen-bond acceptors (Lipinski definition) is 5. The molecule has 0 aliphatic carbocycles. The molecular weight excluding hydrogens is 430 g/mol. The smallest absolute Gasteiger partial charge is 0.229 e. The highest BCUT2D eigenvalue weighted by Gasteiger charge is 2.25. The van der Waals surface area contributed by atoms with Gasteiger partial charge < -0.3 is 25.8 Å². The number of anilines is 1. The van der Waals surface area contributed by atoms with Crippen molar-refractivity contribution in [1.82, 2.24) is 5.32 Å². The molecule has 2 aromatic rings. The maximum Gasteiger partial charge on any atom is 0.229 e. The molecule has 0 spiro atoms. The maximum atomic E-state index is 13.2. The van der Waals surface area contributed by atoms with Crippen LogP contribution in [0.3, 0.4) is 0 Å². The van der Waals surface area contributed by atoms with Gasteiger partial charge in [0.2, 0.25) is 11.8 Å². The lowest BCUT2D eigenvalue weighted by Crippen LogP contribution is -2.45. The van der Waals surface area contributed by atoms with E-state index in [1.54, 1.807) is 25.7 Å². The number of hydrogen-bond donors (Lipinski definition) is 3.